The quantitative estimate of drug-likeness (QED) is 0.834. The van der Waals surface area contributed by atoms with Gasteiger partial charge in [0.1, 0.15) is 17.1 Å². The van der Waals surface area contributed by atoms with Gasteiger partial charge in [0.25, 0.3) is 0 Å². The Morgan fingerprint density at radius 3 is 2.73 bits per heavy atom. The number of benzene rings is 1. The van der Waals surface area contributed by atoms with E-state index >= 15 is 0 Å². The Bertz CT molecular complexity index is 374. The molecule has 0 spiro atoms. The van der Waals surface area contributed by atoms with Gasteiger partial charge in [-0.2, -0.15) is 0 Å². The van der Waals surface area contributed by atoms with Gasteiger partial charge in [-0.05, 0) is 31.0 Å². The van der Waals surface area contributed by atoms with Crippen molar-refractivity contribution in [1.82, 2.24) is 0 Å². The summed E-state index contributed by atoms with van der Waals surface area (Å²) in [5.74, 6) is -1.96. The molecule has 3 nitrogen and oxygen atoms in total. The Morgan fingerprint density at radius 2 is 2.20 bits per heavy atom. The lowest BCUT2D eigenvalue weighted by molar-refractivity contribution is 0.0687. The Morgan fingerprint density at radius 1 is 1.53 bits per heavy atom. The Hall–Kier alpha value is -1.58. The van der Waals surface area contributed by atoms with Crippen molar-refractivity contribution in [2.24, 2.45) is 0 Å². The molecule has 0 aliphatic carbocycles. The number of hydrogen-bond acceptors (Lipinski definition) is 2. The number of aryl methyl sites for hydroxylation is 1. The minimum absolute atomic E-state index is 0.0989. The van der Waals surface area contributed by atoms with Crippen molar-refractivity contribution in [2.45, 2.75) is 20.3 Å². The molecule has 15 heavy (non-hydrogen) atoms. The Balaban J connectivity index is 3.14. The van der Waals surface area contributed by atoms with Gasteiger partial charge in [-0.25, -0.2) is 9.18 Å². The first kappa shape index (κ1) is 11.5. The normalized spacial score (nSPS) is 10.1. The van der Waals surface area contributed by atoms with Gasteiger partial charge in [0, 0.05) is 0 Å². The van der Waals surface area contributed by atoms with E-state index in [1.165, 1.54) is 12.1 Å². The van der Waals surface area contributed by atoms with E-state index in [1.807, 2.05) is 6.92 Å². The van der Waals surface area contributed by atoms with E-state index in [4.69, 9.17) is 9.84 Å². The molecule has 1 rings (SSSR count). The van der Waals surface area contributed by atoms with Crippen LogP contribution in [0.4, 0.5) is 4.39 Å². The molecule has 82 valence electrons. The lowest BCUT2D eigenvalue weighted by atomic mass is 10.1. The molecule has 0 bridgehead atoms. The number of ether oxygens (including phenoxy) is 1. The minimum Gasteiger partial charge on any atom is -0.493 e. The second kappa shape index (κ2) is 4.77. The van der Waals surface area contributed by atoms with E-state index in [0.717, 1.165) is 6.42 Å². The first-order valence-electron chi connectivity index (χ1n) is 4.72. The van der Waals surface area contributed by atoms with Crippen LogP contribution in [-0.2, 0) is 0 Å². The van der Waals surface area contributed by atoms with Crippen molar-refractivity contribution < 1.29 is 19.0 Å². The first-order chi connectivity index (χ1) is 7.06. The molecular formula is C11H13FO3. The maximum Gasteiger partial charge on any atom is 0.342 e. The van der Waals surface area contributed by atoms with Crippen LogP contribution in [0.5, 0.6) is 5.75 Å². The number of aromatic carboxylic acids is 1. The number of hydrogen-bond donors (Lipinski definition) is 1. The maximum absolute atomic E-state index is 13.3. The largest absolute Gasteiger partial charge is 0.493 e. The van der Waals surface area contributed by atoms with E-state index in [9.17, 15) is 9.18 Å². The van der Waals surface area contributed by atoms with E-state index in [2.05, 4.69) is 0 Å². The Labute approximate surface area is 87.5 Å². The molecule has 0 radical (unpaired) electrons. The number of rotatable bonds is 4. The fourth-order valence-corrected chi connectivity index (χ4v) is 1.24. The van der Waals surface area contributed by atoms with Gasteiger partial charge in [-0.3, -0.25) is 0 Å². The van der Waals surface area contributed by atoms with Crippen LogP contribution < -0.4 is 4.74 Å². The highest BCUT2D eigenvalue weighted by Gasteiger charge is 2.17. The summed E-state index contributed by atoms with van der Waals surface area (Å²) in [5.41, 5.74) is 0.248. The molecule has 0 saturated heterocycles. The van der Waals surface area contributed by atoms with Gasteiger partial charge in [0.05, 0.1) is 6.61 Å². The van der Waals surface area contributed by atoms with Crippen molar-refractivity contribution in [2.75, 3.05) is 6.61 Å². The predicted octanol–water partition coefficient (Wildman–Crippen LogP) is 2.62. The van der Waals surface area contributed by atoms with Gasteiger partial charge in [-0.15, -0.1) is 0 Å². The van der Waals surface area contributed by atoms with Crippen molar-refractivity contribution in [3.05, 3.63) is 29.1 Å². The predicted molar refractivity (Wildman–Crippen MR) is 53.9 cm³/mol. The highest BCUT2D eigenvalue weighted by molar-refractivity contribution is 5.91. The van der Waals surface area contributed by atoms with Crippen LogP contribution in [0.15, 0.2) is 12.1 Å². The molecule has 0 aromatic heterocycles. The summed E-state index contributed by atoms with van der Waals surface area (Å²) in [6, 6.07) is 2.71. The summed E-state index contributed by atoms with van der Waals surface area (Å²) in [7, 11) is 0. The van der Waals surface area contributed by atoms with Crippen molar-refractivity contribution in [1.29, 1.82) is 0 Å². The SMILES string of the molecule is CCCOc1cc(C)cc(F)c1C(=O)O. The van der Waals surface area contributed by atoms with E-state index in [0.29, 0.717) is 12.2 Å². The molecular weight excluding hydrogens is 199 g/mol. The zero-order valence-corrected chi connectivity index (χ0v) is 8.71. The van der Waals surface area contributed by atoms with E-state index in [1.54, 1.807) is 6.92 Å². The first-order valence-corrected chi connectivity index (χ1v) is 4.72. The second-order valence-electron chi connectivity index (χ2n) is 3.27. The average Bonchev–Trinajstić information content (AvgIpc) is 2.12. The second-order valence-corrected chi connectivity index (χ2v) is 3.27. The monoisotopic (exact) mass is 212 g/mol. The van der Waals surface area contributed by atoms with Crippen LogP contribution in [0.3, 0.4) is 0 Å². The molecule has 0 amide bonds. The third kappa shape index (κ3) is 2.68. The van der Waals surface area contributed by atoms with Gasteiger partial charge in [0.15, 0.2) is 0 Å². The molecule has 4 heteroatoms. The zero-order chi connectivity index (χ0) is 11.4. The van der Waals surface area contributed by atoms with Crippen molar-refractivity contribution >= 4 is 5.97 Å². The molecule has 0 unspecified atom stereocenters. The van der Waals surface area contributed by atoms with Crippen molar-refractivity contribution in [3.8, 4) is 5.75 Å². The fraction of sp³-hybridized carbons (Fsp3) is 0.364. The lowest BCUT2D eigenvalue weighted by Crippen LogP contribution is -2.07. The molecule has 1 aromatic rings. The molecule has 1 aromatic carbocycles. The molecule has 0 heterocycles. The van der Waals surface area contributed by atoms with Crippen LogP contribution in [0, 0.1) is 12.7 Å². The molecule has 0 atom stereocenters. The standard InChI is InChI=1S/C11H13FO3/c1-3-4-15-9-6-7(2)5-8(12)10(9)11(13)14/h5-6H,3-4H2,1-2H3,(H,13,14). The van der Waals surface area contributed by atoms with Crippen LogP contribution in [0.2, 0.25) is 0 Å². The fourth-order valence-electron chi connectivity index (χ4n) is 1.24. The lowest BCUT2D eigenvalue weighted by Gasteiger charge is -2.09. The third-order valence-corrected chi connectivity index (χ3v) is 1.87. The summed E-state index contributed by atoms with van der Waals surface area (Å²) in [6.07, 6.45) is 0.745. The molecule has 0 fully saturated rings. The summed E-state index contributed by atoms with van der Waals surface area (Å²) in [5, 5.41) is 8.82. The molecule has 0 aliphatic rings. The summed E-state index contributed by atoms with van der Waals surface area (Å²) < 4.78 is 18.5. The summed E-state index contributed by atoms with van der Waals surface area (Å²) >= 11 is 0. The van der Waals surface area contributed by atoms with Crippen molar-refractivity contribution in [3.63, 3.8) is 0 Å². The highest BCUT2D eigenvalue weighted by Crippen LogP contribution is 2.23. The summed E-state index contributed by atoms with van der Waals surface area (Å²) in [6.45, 7) is 3.96. The smallest absolute Gasteiger partial charge is 0.342 e. The van der Waals surface area contributed by atoms with E-state index < -0.39 is 17.3 Å². The summed E-state index contributed by atoms with van der Waals surface area (Å²) in [4.78, 5) is 10.8. The van der Waals surface area contributed by atoms with E-state index in [-0.39, 0.29) is 5.75 Å². The van der Waals surface area contributed by atoms with Crippen LogP contribution in [0.1, 0.15) is 29.3 Å². The van der Waals surface area contributed by atoms with Gasteiger partial charge in [0.2, 0.25) is 0 Å². The molecule has 0 aliphatic heterocycles. The number of halogens is 1. The number of carbonyl (C=O) groups is 1. The van der Waals surface area contributed by atoms with Gasteiger partial charge in [-0.1, -0.05) is 6.92 Å². The van der Waals surface area contributed by atoms with Crippen LogP contribution in [0.25, 0.3) is 0 Å². The maximum atomic E-state index is 13.3. The highest BCUT2D eigenvalue weighted by atomic mass is 19.1. The Kier molecular flexibility index (Phi) is 3.66. The third-order valence-electron chi connectivity index (χ3n) is 1.87. The minimum atomic E-state index is -1.31. The number of carboxylic acids is 1. The zero-order valence-electron chi connectivity index (χ0n) is 8.71. The number of carboxylic acid groups (broad SMARTS) is 1. The average molecular weight is 212 g/mol. The van der Waals surface area contributed by atoms with Gasteiger partial charge >= 0.3 is 5.97 Å². The topological polar surface area (TPSA) is 46.5 Å². The molecule has 1 N–H and O–H groups in total. The van der Waals surface area contributed by atoms with Gasteiger partial charge < -0.3 is 9.84 Å². The van der Waals surface area contributed by atoms with Crippen LogP contribution >= 0.6 is 0 Å². The van der Waals surface area contributed by atoms with Crippen LogP contribution in [-0.4, -0.2) is 17.7 Å². The molecule has 0 saturated carbocycles.